The molecule has 2 aromatic rings. The van der Waals surface area contributed by atoms with Crippen molar-refractivity contribution in [2.75, 3.05) is 6.54 Å². The number of hydrogen-bond donors (Lipinski definition) is 1. The Morgan fingerprint density at radius 3 is 2.79 bits per heavy atom. The Morgan fingerprint density at radius 1 is 1.32 bits per heavy atom. The van der Waals surface area contributed by atoms with Crippen molar-refractivity contribution in [3.05, 3.63) is 63.7 Å². The number of rotatable bonds is 6. The Morgan fingerprint density at radius 2 is 2.11 bits per heavy atom. The van der Waals surface area contributed by atoms with Crippen molar-refractivity contribution < 1.29 is 14.6 Å². The molecule has 0 radical (unpaired) electrons. The van der Waals surface area contributed by atoms with E-state index in [0.717, 1.165) is 42.1 Å². The third-order valence-electron chi connectivity index (χ3n) is 6.27. The van der Waals surface area contributed by atoms with Crippen molar-refractivity contribution in [3.63, 3.8) is 0 Å². The zero-order valence-corrected chi connectivity index (χ0v) is 17.1. The number of fused-ring (bicyclic) bond motifs is 2. The molecule has 1 spiro atoms. The second-order valence-electron chi connectivity index (χ2n) is 8.04. The fourth-order valence-corrected chi connectivity index (χ4v) is 4.53. The van der Waals surface area contributed by atoms with E-state index in [1.807, 2.05) is 18.2 Å². The maximum absolute atomic E-state index is 11.4. The van der Waals surface area contributed by atoms with E-state index in [-0.39, 0.29) is 5.41 Å². The maximum Gasteiger partial charge on any atom is 0.320 e. The Balaban J connectivity index is 1.55. The minimum Gasteiger partial charge on any atom is -0.489 e. The van der Waals surface area contributed by atoms with E-state index in [2.05, 4.69) is 30.0 Å². The Kier molecular flexibility index (Phi) is 5.11. The number of hydrogen-bond acceptors (Lipinski definition) is 3. The summed E-state index contributed by atoms with van der Waals surface area (Å²) in [5.74, 6) is 0.0948. The van der Waals surface area contributed by atoms with Crippen LogP contribution in [0.1, 0.15) is 48.9 Å². The average Bonchev–Trinajstić information content (AvgIpc) is 3.46. The van der Waals surface area contributed by atoms with Gasteiger partial charge < -0.3 is 9.84 Å². The van der Waals surface area contributed by atoms with Crippen molar-refractivity contribution in [3.8, 4) is 5.75 Å². The number of aliphatic carboxylic acids is 1. The summed E-state index contributed by atoms with van der Waals surface area (Å²) in [7, 11) is 0. The summed E-state index contributed by atoms with van der Waals surface area (Å²) in [4.78, 5) is 13.5. The van der Waals surface area contributed by atoms with E-state index in [9.17, 15) is 9.90 Å². The summed E-state index contributed by atoms with van der Waals surface area (Å²) in [5.41, 5.74) is 4.90. The number of nitrogens with zero attached hydrogens (tertiary/aromatic N) is 1. The standard InChI is InChI=1S/C23H26ClNO3/c1-3-16-5-4-6-21(24)19(16)13-28-18-8-7-17-12-25(15(2)22(26)27)14-23(9-10-23)20(17)11-18/h4-8,11,15H,3,9-10,12-14H2,1-2H3,(H,26,27). The Hall–Kier alpha value is -2.04. The second kappa shape index (κ2) is 7.41. The quantitative estimate of drug-likeness (QED) is 0.757. The molecule has 2 aromatic carbocycles. The van der Waals surface area contributed by atoms with Crippen LogP contribution < -0.4 is 4.74 Å². The number of halogens is 1. The first-order valence-corrected chi connectivity index (χ1v) is 10.3. The molecule has 28 heavy (non-hydrogen) atoms. The number of carbonyl (C=O) groups is 1. The molecule has 5 heteroatoms. The van der Waals surface area contributed by atoms with Crippen LogP contribution in [0.25, 0.3) is 0 Å². The van der Waals surface area contributed by atoms with Crippen LogP contribution in [0.2, 0.25) is 5.02 Å². The summed E-state index contributed by atoms with van der Waals surface area (Å²) in [6, 6.07) is 11.8. The molecular weight excluding hydrogens is 374 g/mol. The summed E-state index contributed by atoms with van der Waals surface area (Å²) < 4.78 is 6.12. The fraction of sp³-hybridized carbons (Fsp3) is 0.435. The lowest BCUT2D eigenvalue weighted by atomic mass is 9.86. The van der Waals surface area contributed by atoms with E-state index in [1.54, 1.807) is 6.92 Å². The molecule has 0 saturated heterocycles. The third-order valence-corrected chi connectivity index (χ3v) is 6.62. The fourth-order valence-electron chi connectivity index (χ4n) is 4.29. The molecule has 2 aliphatic rings. The predicted octanol–water partition coefficient (Wildman–Crippen LogP) is 4.80. The van der Waals surface area contributed by atoms with E-state index in [0.29, 0.717) is 13.2 Å². The van der Waals surface area contributed by atoms with Gasteiger partial charge in [-0.2, -0.15) is 0 Å². The van der Waals surface area contributed by atoms with Gasteiger partial charge in [0.15, 0.2) is 0 Å². The van der Waals surface area contributed by atoms with Crippen LogP contribution in [0.5, 0.6) is 5.75 Å². The second-order valence-corrected chi connectivity index (χ2v) is 8.45. The zero-order chi connectivity index (χ0) is 19.9. The van der Waals surface area contributed by atoms with Gasteiger partial charge in [-0.15, -0.1) is 0 Å². The molecule has 1 atom stereocenters. The van der Waals surface area contributed by atoms with Crippen molar-refractivity contribution in [2.24, 2.45) is 0 Å². The van der Waals surface area contributed by atoms with Gasteiger partial charge in [0.05, 0.1) is 0 Å². The van der Waals surface area contributed by atoms with Crippen molar-refractivity contribution in [1.29, 1.82) is 0 Å². The first-order valence-electron chi connectivity index (χ1n) is 9.93. The molecule has 1 aliphatic carbocycles. The summed E-state index contributed by atoms with van der Waals surface area (Å²) in [6.07, 6.45) is 3.14. The van der Waals surface area contributed by atoms with Gasteiger partial charge in [0, 0.05) is 29.1 Å². The van der Waals surface area contributed by atoms with Gasteiger partial charge >= 0.3 is 5.97 Å². The Labute approximate surface area is 171 Å². The topological polar surface area (TPSA) is 49.8 Å². The molecular formula is C23H26ClNO3. The molecule has 1 fully saturated rings. The lowest BCUT2D eigenvalue weighted by Gasteiger charge is -2.37. The highest BCUT2D eigenvalue weighted by Crippen LogP contribution is 2.53. The number of benzene rings is 2. The SMILES string of the molecule is CCc1cccc(Cl)c1COc1ccc2c(c1)C1(CC1)CN(C(C)C(=O)O)C2. The summed E-state index contributed by atoms with van der Waals surface area (Å²) in [6.45, 7) is 5.83. The van der Waals surface area contributed by atoms with E-state index in [4.69, 9.17) is 16.3 Å². The molecule has 1 heterocycles. The van der Waals surface area contributed by atoms with Gasteiger partial charge in [0.2, 0.25) is 0 Å². The van der Waals surface area contributed by atoms with E-state index >= 15 is 0 Å². The average molecular weight is 400 g/mol. The van der Waals surface area contributed by atoms with E-state index < -0.39 is 12.0 Å². The van der Waals surface area contributed by atoms with Gasteiger partial charge in [-0.1, -0.05) is 36.7 Å². The minimum absolute atomic E-state index is 0.0929. The lowest BCUT2D eigenvalue weighted by molar-refractivity contribution is -0.143. The molecule has 148 valence electrons. The number of aryl methyl sites for hydroxylation is 1. The van der Waals surface area contributed by atoms with Crippen LogP contribution in [0.15, 0.2) is 36.4 Å². The summed E-state index contributed by atoms with van der Waals surface area (Å²) in [5, 5.41) is 10.1. The molecule has 1 N–H and O–H groups in total. The molecule has 0 amide bonds. The highest BCUT2D eigenvalue weighted by molar-refractivity contribution is 6.31. The first kappa shape index (κ1) is 19.3. The Bertz CT molecular complexity index is 907. The van der Waals surface area contributed by atoms with Crippen LogP contribution in [0.4, 0.5) is 0 Å². The van der Waals surface area contributed by atoms with Gasteiger partial charge in [-0.3, -0.25) is 9.69 Å². The van der Waals surface area contributed by atoms with E-state index in [1.165, 1.54) is 16.7 Å². The highest BCUT2D eigenvalue weighted by atomic mass is 35.5. The van der Waals surface area contributed by atoms with Crippen molar-refractivity contribution in [2.45, 2.75) is 57.7 Å². The van der Waals surface area contributed by atoms with Gasteiger partial charge in [-0.25, -0.2) is 0 Å². The lowest BCUT2D eigenvalue weighted by Crippen LogP contribution is -2.46. The van der Waals surface area contributed by atoms with Gasteiger partial charge in [-0.05, 0) is 61.1 Å². The molecule has 1 saturated carbocycles. The van der Waals surface area contributed by atoms with Gasteiger partial charge in [0.1, 0.15) is 18.4 Å². The molecule has 4 nitrogen and oxygen atoms in total. The highest BCUT2D eigenvalue weighted by Gasteiger charge is 2.50. The molecule has 1 unspecified atom stereocenters. The maximum atomic E-state index is 11.4. The predicted molar refractivity (Wildman–Crippen MR) is 110 cm³/mol. The first-order chi connectivity index (χ1) is 13.4. The van der Waals surface area contributed by atoms with Crippen LogP contribution in [-0.2, 0) is 29.8 Å². The van der Waals surface area contributed by atoms with Crippen LogP contribution in [0.3, 0.4) is 0 Å². The molecule has 0 bridgehead atoms. The largest absolute Gasteiger partial charge is 0.489 e. The van der Waals surface area contributed by atoms with Crippen LogP contribution in [-0.4, -0.2) is 28.6 Å². The number of ether oxygens (including phenoxy) is 1. The third kappa shape index (κ3) is 3.51. The molecule has 0 aromatic heterocycles. The van der Waals surface area contributed by atoms with Crippen LogP contribution in [0, 0.1) is 0 Å². The summed E-state index contributed by atoms with van der Waals surface area (Å²) >= 11 is 6.38. The molecule has 1 aliphatic heterocycles. The van der Waals surface area contributed by atoms with Crippen LogP contribution >= 0.6 is 11.6 Å². The molecule has 4 rings (SSSR count). The van der Waals surface area contributed by atoms with Crippen molar-refractivity contribution >= 4 is 17.6 Å². The number of carboxylic acid groups (broad SMARTS) is 1. The normalized spacial score (nSPS) is 18.5. The zero-order valence-electron chi connectivity index (χ0n) is 16.4. The van der Waals surface area contributed by atoms with Crippen molar-refractivity contribution in [1.82, 2.24) is 4.90 Å². The smallest absolute Gasteiger partial charge is 0.320 e. The van der Waals surface area contributed by atoms with Gasteiger partial charge in [0.25, 0.3) is 0 Å². The monoisotopic (exact) mass is 399 g/mol. The number of carboxylic acids is 1. The minimum atomic E-state index is -0.759.